The van der Waals surface area contributed by atoms with E-state index < -0.39 is 0 Å². The summed E-state index contributed by atoms with van der Waals surface area (Å²) in [5.41, 5.74) is 2.70. The van der Waals surface area contributed by atoms with Crippen molar-refractivity contribution in [1.82, 2.24) is 4.57 Å². The van der Waals surface area contributed by atoms with Crippen LogP contribution in [-0.4, -0.2) is 44.0 Å². The first kappa shape index (κ1) is 12.2. The molecule has 1 fully saturated rings. The molecule has 1 aromatic carbocycles. The number of para-hydroxylation sites is 2. The third kappa shape index (κ3) is 1.98. The van der Waals surface area contributed by atoms with Crippen molar-refractivity contribution in [3.8, 4) is 0 Å². The molecule has 0 radical (unpaired) electrons. The van der Waals surface area contributed by atoms with Crippen LogP contribution in [-0.2, 0) is 17.8 Å². The summed E-state index contributed by atoms with van der Waals surface area (Å²) in [4.78, 5) is 1.66. The molecule has 2 aromatic rings. The largest absolute Gasteiger partial charge is 0.370 e. The van der Waals surface area contributed by atoms with Gasteiger partial charge in [-0.2, -0.15) is 0 Å². The lowest BCUT2D eigenvalue weighted by molar-refractivity contribution is -0.908. The highest BCUT2D eigenvalue weighted by molar-refractivity contribution is 5.74. The SMILES string of the molecule is c1ccc2c(c1)n(CC[NH+]1CCOCC1)c1[n+]2CCN1. The Bertz CT molecular complexity index is 616. The van der Waals surface area contributed by atoms with Crippen LogP contribution < -0.4 is 14.8 Å². The third-order valence-electron chi connectivity index (χ3n) is 4.48. The minimum atomic E-state index is 0.910. The first-order valence-electron chi connectivity index (χ1n) is 7.60. The number of ether oxygens (including phenoxy) is 1. The summed E-state index contributed by atoms with van der Waals surface area (Å²) >= 11 is 0. The van der Waals surface area contributed by atoms with Gasteiger partial charge in [-0.25, -0.2) is 9.13 Å². The topological polar surface area (TPSA) is 34.5 Å². The Morgan fingerprint density at radius 2 is 2.10 bits per heavy atom. The fourth-order valence-corrected chi connectivity index (χ4v) is 3.40. The molecule has 1 saturated heterocycles. The van der Waals surface area contributed by atoms with E-state index in [1.165, 1.54) is 23.5 Å². The maximum absolute atomic E-state index is 5.44. The second-order valence-electron chi connectivity index (χ2n) is 5.65. The van der Waals surface area contributed by atoms with Crippen molar-refractivity contribution in [2.45, 2.75) is 13.1 Å². The zero-order chi connectivity index (χ0) is 13.4. The Kier molecular flexibility index (Phi) is 3.09. The van der Waals surface area contributed by atoms with Crippen molar-refractivity contribution in [1.29, 1.82) is 0 Å². The second kappa shape index (κ2) is 5.07. The molecule has 0 bridgehead atoms. The van der Waals surface area contributed by atoms with Gasteiger partial charge in [-0.1, -0.05) is 12.1 Å². The number of nitrogens with zero attached hydrogens (tertiary/aromatic N) is 2. The molecule has 4 rings (SSSR count). The molecular weight excluding hydrogens is 252 g/mol. The van der Waals surface area contributed by atoms with E-state index in [-0.39, 0.29) is 0 Å². The molecular formula is C15H22N4O+2. The average Bonchev–Trinajstić information content (AvgIpc) is 3.07. The Hall–Kier alpha value is -1.59. The van der Waals surface area contributed by atoms with Crippen molar-refractivity contribution in [2.75, 3.05) is 44.7 Å². The van der Waals surface area contributed by atoms with Crippen LogP contribution >= 0.6 is 0 Å². The number of anilines is 1. The summed E-state index contributed by atoms with van der Waals surface area (Å²) in [7, 11) is 0. The maximum Gasteiger partial charge on any atom is 0.358 e. The first-order chi connectivity index (χ1) is 9.93. The van der Waals surface area contributed by atoms with E-state index >= 15 is 0 Å². The minimum Gasteiger partial charge on any atom is -0.370 e. The van der Waals surface area contributed by atoms with Crippen molar-refractivity contribution < 1.29 is 14.2 Å². The van der Waals surface area contributed by atoms with Crippen molar-refractivity contribution in [2.24, 2.45) is 0 Å². The molecule has 5 nitrogen and oxygen atoms in total. The van der Waals surface area contributed by atoms with E-state index in [4.69, 9.17) is 4.74 Å². The molecule has 5 heteroatoms. The van der Waals surface area contributed by atoms with E-state index in [0.717, 1.165) is 45.9 Å². The Morgan fingerprint density at radius 3 is 3.00 bits per heavy atom. The van der Waals surface area contributed by atoms with Gasteiger partial charge in [0.25, 0.3) is 0 Å². The predicted octanol–water partition coefficient (Wildman–Crippen LogP) is -0.731. The summed E-state index contributed by atoms with van der Waals surface area (Å²) in [5.74, 6) is 1.28. The zero-order valence-corrected chi connectivity index (χ0v) is 11.8. The minimum absolute atomic E-state index is 0.910. The first-order valence-corrected chi connectivity index (χ1v) is 7.60. The number of aromatic nitrogens is 2. The van der Waals surface area contributed by atoms with E-state index in [1.807, 2.05) is 0 Å². The monoisotopic (exact) mass is 274 g/mol. The van der Waals surface area contributed by atoms with Gasteiger partial charge < -0.3 is 9.64 Å². The van der Waals surface area contributed by atoms with E-state index in [0.29, 0.717) is 0 Å². The molecule has 2 N–H and O–H groups in total. The predicted molar refractivity (Wildman–Crippen MR) is 77.0 cm³/mol. The molecule has 0 saturated carbocycles. The lowest BCUT2D eigenvalue weighted by Gasteiger charge is -2.23. The Balaban J connectivity index is 1.62. The number of benzene rings is 1. The number of rotatable bonds is 3. The standard InChI is InChI=1S/C15H20N4O/c1-2-4-14-13(3-1)18-6-5-16-15(18)19(14)8-7-17-9-11-20-12-10-17/h1-4H,5-12H2/p+2. The second-order valence-corrected chi connectivity index (χ2v) is 5.65. The van der Waals surface area contributed by atoms with Crippen LogP contribution in [0.15, 0.2) is 24.3 Å². The average molecular weight is 274 g/mol. The van der Waals surface area contributed by atoms with E-state index in [9.17, 15) is 0 Å². The number of morpholine rings is 1. The van der Waals surface area contributed by atoms with Crippen LogP contribution in [0, 0.1) is 0 Å². The number of quaternary nitrogens is 1. The highest BCUT2D eigenvalue weighted by Crippen LogP contribution is 2.19. The van der Waals surface area contributed by atoms with Gasteiger partial charge in [0.05, 0.1) is 19.8 Å². The highest BCUT2D eigenvalue weighted by atomic mass is 16.5. The van der Waals surface area contributed by atoms with Crippen LogP contribution in [0.1, 0.15) is 0 Å². The normalized spacial score (nSPS) is 19.2. The van der Waals surface area contributed by atoms with Gasteiger partial charge in [0.2, 0.25) is 0 Å². The van der Waals surface area contributed by atoms with Crippen LogP contribution in [0.4, 0.5) is 5.95 Å². The van der Waals surface area contributed by atoms with Gasteiger partial charge in [0.15, 0.2) is 0 Å². The molecule has 0 atom stereocenters. The fourth-order valence-electron chi connectivity index (χ4n) is 3.40. The lowest BCUT2D eigenvalue weighted by Crippen LogP contribution is -3.14. The van der Waals surface area contributed by atoms with E-state index in [2.05, 4.69) is 38.7 Å². The van der Waals surface area contributed by atoms with Gasteiger partial charge in [0.1, 0.15) is 43.8 Å². The summed E-state index contributed by atoms with van der Waals surface area (Å²) < 4.78 is 10.3. The van der Waals surface area contributed by atoms with Crippen molar-refractivity contribution >= 4 is 17.0 Å². The zero-order valence-electron chi connectivity index (χ0n) is 11.8. The molecule has 20 heavy (non-hydrogen) atoms. The maximum atomic E-state index is 5.44. The van der Waals surface area contributed by atoms with Gasteiger partial charge >= 0.3 is 5.95 Å². The van der Waals surface area contributed by atoms with Crippen LogP contribution in [0.5, 0.6) is 0 Å². The smallest absolute Gasteiger partial charge is 0.358 e. The molecule has 1 aromatic heterocycles. The molecule has 0 aliphatic carbocycles. The number of hydrogen-bond donors (Lipinski definition) is 2. The highest BCUT2D eigenvalue weighted by Gasteiger charge is 2.28. The van der Waals surface area contributed by atoms with Gasteiger partial charge in [-0.05, 0) is 12.1 Å². The number of fused-ring (bicyclic) bond motifs is 3. The molecule has 0 amide bonds. The van der Waals surface area contributed by atoms with Gasteiger partial charge in [-0.3, -0.25) is 5.32 Å². The van der Waals surface area contributed by atoms with Crippen molar-refractivity contribution in [3.05, 3.63) is 24.3 Å². The Labute approximate surface area is 118 Å². The van der Waals surface area contributed by atoms with Crippen LogP contribution in [0.25, 0.3) is 11.0 Å². The van der Waals surface area contributed by atoms with Crippen LogP contribution in [0.3, 0.4) is 0 Å². The quantitative estimate of drug-likeness (QED) is 0.724. The number of hydrogen-bond acceptors (Lipinski definition) is 2. The summed E-state index contributed by atoms with van der Waals surface area (Å²) in [6.07, 6.45) is 0. The van der Waals surface area contributed by atoms with Gasteiger partial charge in [-0.15, -0.1) is 0 Å². The molecule has 2 aliphatic rings. The fraction of sp³-hybridized carbons (Fsp3) is 0.533. The molecule has 0 spiro atoms. The number of imidazole rings is 1. The molecule has 3 heterocycles. The van der Waals surface area contributed by atoms with E-state index in [1.54, 1.807) is 4.90 Å². The molecule has 0 unspecified atom stereocenters. The third-order valence-corrected chi connectivity index (χ3v) is 4.48. The Morgan fingerprint density at radius 1 is 1.25 bits per heavy atom. The lowest BCUT2D eigenvalue weighted by atomic mass is 10.3. The summed E-state index contributed by atoms with van der Waals surface area (Å²) in [6, 6.07) is 8.72. The summed E-state index contributed by atoms with van der Waals surface area (Å²) in [6.45, 7) is 8.48. The van der Waals surface area contributed by atoms with Crippen molar-refractivity contribution in [3.63, 3.8) is 0 Å². The molecule has 2 aliphatic heterocycles. The van der Waals surface area contributed by atoms with Gasteiger partial charge in [0, 0.05) is 0 Å². The molecule has 106 valence electrons. The number of nitrogens with one attached hydrogen (secondary N) is 2. The van der Waals surface area contributed by atoms with Crippen LogP contribution in [0.2, 0.25) is 0 Å². The summed E-state index contributed by atoms with van der Waals surface area (Å²) in [5, 5.41) is 3.54.